The molecule has 0 unspecified atom stereocenters. The van der Waals surface area contributed by atoms with Crippen molar-refractivity contribution in [1.82, 2.24) is 14.5 Å². The van der Waals surface area contributed by atoms with Crippen molar-refractivity contribution >= 4 is 28.4 Å². The van der Waals surface area contributed by atoms with Crippen LogP contribution in [0.1, 0.15) is 15.9 Å². The van der Waals surface area contributed by atoms with Crippen LogP contribution >= 0.6 is 0 Å². The summed E-state index contributed by atoms with van der Waals surface area (Å²) in [5.74, 6) is 0.295. The molecule has 11 heteroatoms. The number of aromatic nitrogens is 2. The number of ether oxygens (including phenoxy) is 3. The fraction of sp³-hybridized carbons (Fsp3) is 0.214. The van der Waals surface area contributed by atoms with Crippen molar-refractivity contribution in [2.75, 3.05) is 33.7 Å². The zero-order chi connectivity index (χ0) is 28.1. The third kappa shape index (κ3) is 5.47. The Hall–Kier alpha value is -5.06. The molecule has 2 amide bonds. The predicted octanol–water partition coefficient (Wildman–Crippen LogP) is 2.24. The summed E-state index contributed by atoms with van der Waals surface area (Å²) < 4.78 is 18.3. The molecule has 0 atom stereocenters. The van der Waals surface area contributed by atoms with E-state index in [1.165, 1.54) is 45.1 Å². The van der Waals surface area contributed by atoms with Crippen LogP contribution < -0.4 is 36.1 Å². The first kappa shape index (κ1) is 27.0. The van der Waals surface area contributed by atoms with Crippen LogP contribution in [0.4, 0.5) is 5.69 Å². The molecule has 0 spiro atoms. The highest BCUT2D eigenvalue weighted by Crippen LogP contribution is 2.30. The second kappa shape index (κ2) is 11.5. The smallest absolute Gasteiger partial charge is 0.332 e. The van der Waals surface area contributed by atoms with Crippen LogP contribution in [0.3, 0.4) is 0 Å². The summed E-state index contributed by atoms with van der Waals surface area (Å²) in [4.78, 5) is 52.2. The molecule has 2 N–H and O–H groups in total. The highest BCUT2D eigenvalue weighted by atomic mass is 16.5. The lowest BCUT2D eigenvalue weighted by Crippen LogP contribution is -2.42. The maximum Gasteiger partial charge on any atom is 0.332 e. The number of benzene rings is 3. The fourth-order valence-electron chi connectivity index (χ4n) is 4.21. The lowest BCUT2D eigenvalue weighted by atomic mass is 10.1. The number of rotatable bonds is 9. The molecule has 11 nitrogen and oxygen atoms in total. The van der Waals surface area contributed by atoms with E-state index < -0.39 is 23.7 Å². The molecule has 4 aromatic rings. The number of amides is 2. The van der Waals surface area contributed by atoms with Crippen molar-refractivity contribution in [3.63, 3.8) is 0 Å². The first-order valence-electron chi connectivity index (χ1n) is 11.9. The van der Waals surface area contributed by atoms with E-state index in [4.69, 9.17) is 14.2 Å². The number of nitrogens with one attached hydrogen (secondary N) is 2. The van der Waals surface area contributed by atoms with Gasteiger partial charge in [0.25, 0.3) is 11.5 Å². The van der Waals surface area contributed by atoms with Crippen molar-refractivity contribution < 1.29 is 23.8 Å². The third-order valence-electron chi connectivity index (χ3n) is 6.20. The Morgan fingerprint density at radius 3 is 2.10 bits per heavy atom. The van der Waals surface area contributed by atoms with Crippen LogP contribution in [-0.2, 0) is 17.9 Å². The third-order valence-corrected chi connectivity index (χ3v) is 6.20. The summed E-state index contributed by atoms with van der Waals surface area (Å²) in [6, 6.07) is 16.4. The van der Waals surface area contributed by atoms with Crippen molar-refractivity contribution in [3.8, 4) is 17.2 Å². The van der Waals surface area contributed by atoms with Crippen molar-refractivity contribution in [3.05, 3.63) is 92.6 Å². The van der Waals surface area contributed by atoms with Gasteiger partial charge in [-0.2, -0.15) is 0 Å². The van der Waals surface area contributed by atoms with Gasteiger partial charge in [0.15, 0.2) is 11.5 Å². The van der Waals surface area contributed by atoms with Gasteiger partial charge in [-0.25, -0.2) is 4.79 Å². The zero-order valence-electron chi connectivity index (χ0n) is 21.9. The lowest BCUT2D eigenvalue weighted by Gasteiger charge is -2.17. The van der Waals surface area contributed by atoms with Crippen molar-refractivity contribution in [2.24, 2.45) is 0 Å². The van der Waals surface area contributed by atoms with E-state index in [0.717, 1.165) is 4.57 Å². The highest BCUT2D eigenvalue weighted by molar-refractivity contribution is 5.94. The molecule has 0 bridgehead atoms. The van der Waals surface area contributed by atoms with E-state index in [2.05, 4.69) is 10.6 Å². The van der Waals surface area contributed by atoms with Crippen LogP contribution in [0.25, 0.3) is 10.9 Å². The second-order valence-corrected chi connectivity index (χ2v) is 8.51. The van der Waals surface area contributed by atoms with Crippen LogP contribution in [0.2, 0.25) is 0 Å². The monoisotopic (exact) mass is 532 g/mol. The minimum atomic E-state index is -0.690. The van der Waals surface area contributed by atoms with Crippen LogP contribution in [0.5, 0.6) is 17.2 Å². The number of carbonyl (C=O) groups is 2. The summed E-state index contributed by atoms with van der Waals surface area (Å²) in [6.07, 6.45) is 0. The Labute approximate surface area is 223 Å². The minimum absolute atomic E-state index is 0.0793. The number of para-hydroxylation sites is 2. The van der Waals surface area contributed by atoms with Gasteiger partial charge >= 0.3 is 5.69 Å². The summed E-state index contributed by atoms with van der Waals surface area (Å²) in [7, 11) is 5.89. The topological polar surface area (TPSA) is 130 Å². The maximum absolute atomic E-state index is 13.7. The molecule has 202 valence electrons. The molecule has 0 saturated carbocycles. The van der Waals surface area contributed by atoms with E-state index >= 15 is 0 Å². The van der Waals surface area contributed by atoms with E-state index in [1.807, 2.05) is 0 Å². The average molecular weight is 533 g/mol. The quantitative estimate of drug-likeness (QED) is 0.338. The molecule has 0 aliphatic carbocycles. The molecule has 0 fully saturated rings. The second-order valence-electron chi connectivity index (χ2n) is 8.51. The molecular formula is C28H28N4O7. The minimum Gasteiger partial charge on any atom is -0.495 e. The molecule has 3 aromatic carbocycles. The van der Waals surface area contributed by atoms with Gasteiger partial charge in [-0.3, -0.25) is 23.5 Å². The van der Waals surface area contributed by atoms with Crippen LogP contribution in [0.15, 0.2) is 70.3 Å². The molecule has 0 radical (unpaired) electrons. The maximum atomic E-state index is 13.7. The predicted molar refractivity (Wildman–Crippen MR) is 146 cm³/mol. The summed E-state index contributed by atoms with van der Waals surface area (Å²) in [5.41, 5.74) is 0.453. The number of fused-ring (bicyclic) bond motifs is 1. The van der Waals surface area contributed by atoms with Gasteiger partial charge in [0.05, 0.1) is 44.5 Å². The van der Waals surface area contributed by atoms with Crippen molar-refractivity contribution in [2.45, 2.75) is 13.1 Å². The molecule has 39 heavy (non-hydrogen) atoms. The first-order valence-corrected chi connectivity index (χ1v) is 11.9. The zero-order valence-corrected chi connectivity index (χ0v) is 21.9. The molecule has 0 saturated heterocycles. The molecular weight excluding hydrogens is 504 g/mol. The standard InChI is InChI=1S/C28H28N4O7/c1-29-26(34)18-11-9-17(10-12-18)15-32-27(35)19-13-23(38-3)24(39-4)14-21(19)31(28(32)36)16-25(33)30-20-7-5-6-8-22(20)37-2/h5-14H,15-16H2,1-4H3,(H,29,34)(H,30,33). The number of hydrogen-bond donors (Lipinski definition) is 2. The largest absolute Gasteiger partial charge is 0.495 e. The molecule has 0 aliphatic heterocycles. The van der Waals surface area contributed by atoms with Gasteiger partial charge in [-0.05, 0) is 35.9 Å². The van der Waals surface area contributed by atoms with Crippen molar-refractivity contribution in [1.29, 1.82) is 0 Å². The van der Waals surface area contributed by atoms with Gasteiger partial charge < -0.3 is 24.8 Å². The van der Waals surface area contributed by atoms with Crippen LogP contribution in [-0.4, -0.2) is 49.3 Å². The highest BCUT2D eigenvalue weighted by Gasteiger charge is 2.20. The normalized spacial score (nSPS) is 10.7. The molecule has 4 rings (SSSR count). The molecule has 0 aliphatic rings. The Morgan fingerprint density at radius 1 is 0.821 bits per heavy atom. The van der Waals surface area contributed by atoms with E-state index in [1.54, 1.807) is 48.5 Å². The van der Waals surface area contributed by atoms with E-state index in [0.29, 0.717) is 34.1 Å². The first-order chi connectivity index (χ1) is 18.8. The Bertz CT molecular complexity index is 1660. The van der Waals surface area contributed by atoms with E-state index in [9.17, 15) is 19.2 Å². The summed E-state index contributed by atoms with van der Waals surface area (Å²) >= 11 is 0. The Kier molecular flexibility index (Phi) is 7.99. The number of hydrogen-bond acceptors (Lipinski definition) is 7. The number of nitrogens with zero attached hydrogens (tertiary/aromatic N) is 2. The summed E-state index contributed by atoms with van der Waals surface area (Å²) in [6.45, 7) is -0.469. The van der Waals surface area contributed by atoms with Gasteiger partial charge in [0, 0.05) is 18.7 Å². The average Bonchev–Trinajstić information content (AvgIpc) is 2.96. The number of methoxy groups -OCH3 is 3. The Balaban J connectivity index is 1.82. The number of anilines is 1. The van der Waals surface area contributed by atoms with Gasteiger partial charge in [0.2, 0.25) is 5.91 Å². The van der Waals surface area contributed by atoms with E-state index in [-0.39, 0.29) is 23.4 Å². The van der Waals surface area contributed by atoms with Gasteiger partial charge in [0.1, 0.15) is 12.3 Å². The SMILES string of the molecule is CNC(=O)c1ccc(Cn2c(=O)c3cc(OC)c(OC)cc3n(CC(=O)Nc3ccccc3OC)c2=O)cc1. The molecule has 1 heterocycles. The fourth-order valence-corrected chi connectivity index (χ4v) is 4.21. The Morgan fingerprint density at radius 2 is 1.46 bits per heavy atom. The van der Waals surface area contributed by atoms with Crippen LogP contribution in [0, 0.1) is 0 Å². The van der Waals surface area contributed by atoms with Gasteiger partial charge in [-0.1, -0.05) is 24.3 Å². The lowest BCUT2D eigenvalue weighted by molar-refractivity contribution is -0.116. The number of carbonyl (C=O) groups excluding carboxylic acids is 2. The molecule has 1 aromatic heterocycles. The summed E-state index contributed by atoms with van der Waals surface area (Å²) in [5, 5.41) is 5.46. The van der Waals surface area contributed by atoms with Gasteiger partial charge in [-0.15, -0.1) is 0 Å².